The summed E-state index contributed by atoms with van der Waals surface area (Å²) in [7, 11) is 3.64. The van der Waals surface area contributed by atoms with E-state index >= 15 is 0 Å². The van der Waals surface area contributed by atoms with Gasteiger partial charge in [-0.2, -0.15) is 0 Å². The minimum absolute atomic E-state index is 0.109. The van der Waals surface area contributed by atoms with Gasteiger partial charge in [-0.05, 0) is 17.4 Å². The molecule has 1 aromatic rings. The maximum Gasteiger partial charge on any atom is 0.245 e. The highest BCUT2D eigenvalue weighted by Crippen LogP contribution is 2.10. The molecule has 0 amide bonds. The number of anilines is 1. The molecule has 3 N–H and O–H groups in total. The Hall–Kier alpha value is -1.66. The molecule has 0 radical (unpaired) electrons. The number of nitrogens with two attached hydrogens (primary N) is 1. The van der Waals surface area contributed by atoms with Crippen LogP contribution in [0.1, 0.15) is 13.3 Å². The van der Waals surface area contributed by atoms with Gasteiger partial charge in [0.15, 0.2) is 0 Å². The van der Waals surface area contributed by atoms with Crippen LogP contribution in [0.4, 0.5) is 5.95 Å². The molecule has 1 unspecified atom stereocenters. The highest BCUT2D eigenvalue weighted by molar-refractivity contribution is 5.77. The van der Waals surface area contributed by atoms with E-state index in [1.807, 2.05) is 18.9 Å². The third-order valence-electron chi connectivity index (χ3n) is 2.09. The van der Waals surface area contributed by atoms with Gasteiger partial charge in [0, 0.05) is 26.6 Å². The van der Waals surface area contributed by atoms with E-state index in [9.17, 15) is 0 Å². The number of tetrazole rings is 1. The van der Waals surface area contributed by atoms with E-state index in [0.29, 0.717) is 12.4 Å². The number of amidine groups is 1. The van der Waals surface area contributed by atoms with Gasteiger partial charge in [-0.25, -0.2) is 4.68 Å². The molecule has 0 spiro atoms. The van der Waals surface area contributed by atoms with Crippen LogP contribution in [0.2, 0.25) is 0 Å². The van der Waals surface area contributed by atoms with Crippen molar-refractivity contribution >= 4 is 11.8 Å². The van der Waals surface area contributed by atoms with Crippen molar-refractivity contribution < 1.29 is 0 Å². The zero-order valence-corrected chi connectivity index (χ0v) is 8.60. The number of hydrogen-bond acceptors (Lipinski definition) is 5. The molecule has 0 aliphatic carbocycles. The summed E-state index contributed by atoms with van der Waals surface area (Å²) in [5.41, 5.74) is 5.32. The fourth-order valence-corrected chi connectivity index (χ4v) is 1.18. The van der Waals surface area contributed by atoms with E-state index in [4.69, 9.17) is 11.1 Å². The normalized spacial score (nSPS) is 12.5. The summed E-state index contributed by atoms with van der Waals surface area (Å²) >= 11 is 0. The summed E-state index contributed by atoms with van der Waals surface area (Å²) in [4.78, 5) is 1.89. The van der Waals surface area contributed by atoms with Crippen LogP contribution in [-0.2, 0) is 7.05 Å². The first-order valence-corrected chi connectivity index (χ1v) is 4.30. The van der Waals surface area contributed by atoms with Gasteiger partial charge in [-0.15, -0.1) is 0 Å². The Morgan fingerprint density at radius 1 is 1.71 bits per heavy atom. The summed E-state index contributed by atoms with van der Waals surface area (Å²) in [6.45, 7) is 1.97. The van der Waals surface area contributed by atoms with Gasteiger partial charge >= 0.3 is 0 Å². The predicted octanol–water partition coefficient (Wildman–Crippen LogP) is -0.639. The molecule has 0 aliphatic rings. The molecule has 7 heteroatoms. The van der Waals surface area contributed by atoms with Crippen LogP contribution in [0, 0.1) is 5.41 Å². The van der Waals surface area contributed by atoms with Gasteiger partial charge in [0.05, 0.1) is 5.84 Å². The first kappa shape index (κ1) is 10.4. The number of hydrogen-bond donors (Lipinski definition) is 2. The number of rotatable bonds is 4. The molecule has 0 aliphatic heterocycles. The lowest BCUT2D eigenvalue weighted by atomic mass is 10.2. The van der Waals surface area contributed by atoms with Crippen LogP contribution < -0.4 is 10.6 Å². The lowest BCUT2D eigenvalue weighted by molar-refractivity contribution is 0.648. The molecule has 0 saturated heterocycles. The average Bonchev–Trinajstić information content (AvgIpc) is 2.48. The molecule has 1 heterocycles. The van der Waals surface area contributed by atoms with E-state index in [0.717, 1.165) is 0 Å². The van der Waals surface area contributed by atoms with Crippen LogP contribution in [0.3, 0.4) is 0 Å². The average molecular weight is 197 g/mol. The Bertz CT molecular complexity index is 318. The van der Waals surface area contributed by atoms with Crippen LogP contribution in [0.5, 0.6) is 0 Å². The van der Waals surface area contributed by atoms with E-state index in [1.54, 1.807) is 11.7 Å². The molecule has 1 atom stereocenters. The van der Waals surface area contributed by atoms with E-state index in [1.165, 1.54) is 0 Å². The molecule has 0 saturated carbocycles. The van der Waals surface area contributed by atoms with E-state index < -0.39 is 0 Å². The quantitative estimate of drug-likeness (QED) is 0.494. The molecule has 0 fully saturated rings. The third kappa shape index (κ3) is 2.18. The molecule has 1 aromatic heterocycles. The summed E-state index contributed by atoms with van der Waals surface area (Å²) in [6, 6.07) is 0.109. The number of nitrogens with zero attached hydrogens (tertiary/aromatic N) is 5. The van der Waals surface area contributed by atoms with Crippen molar-refractivity contribution in [1.82, 2.24) is 20.2 Å². The Morgan fingerprint density at radius 2 is 2.36 bits per heavy atom. The fraction of sp³-hybridized carbons (Fsp3) is 0.714. The highest BCUT2D eigenvalue weighted by atomic mass is 15.6. The number of nitrogens with one attached hydrogen (secondary N) is 1. The monoisotopic (exact) mass is 197 g/mol. The first-order valence-electron chi connectivity index (χ1n) is 4.30. The van der Waals surface area contributed by atoms with Crippen LogP contribution in [0.15, 0.2) is 0 Å². The zero-order chi connectivity index (χ0) is 10.7. The number of aromatic nitrogens is 4. The molecule has 14 heavy (non-hydrogen) atoms. The van der Waals surface area contributed by atoms with E-state index in [-0.39, 0.29) is 11.9 Å². The number of aryl methyl sites for hydroxylation is 1. The molecular formula is C7H15N7. The molecule has 7 nitrogen and oxygen atoms in total. The predicted molar refractivity (Wildman–Crippen MR) is 53.2 cm³/mol. The van der Waals surface area contributed by atoms with Crippen molar-refractivity contribution in [3.63, 3.8) is 0 Å². The van der Waals surface area contributed by atoms with Crippen LogP contribution in [0.25, 0.3) is 0 Å². The summed E-state index contributed by atoms with van der Waals surface area (Å²) in [5.74, 6) is 0.832. The lowest BCUT2D eigenvalue weighted by Crippen LogP contribution is -2.34. The Labute approximate surface area is 82.4 Å². The standard InChI is InChI=1S/C7H15N7/c1-5(4-6(8)9)13(2)7-10-11-12-14(7)3/h5H,4H2,1-3H3,(H3,8,9). The van der Waals surface area contributed by atoms with Gasteiger partial charge in [0.2, 0.25) is 5.95 Å². The van der Waals surface area contributed by atoms with Gasteiger partial charge in [0.1, 0.15) is 0 Å². The maximum absolute atomic E-state index is 7.19. The summed E-state index contributed by atoms with van der Waals surface area (Å²) < 4.78 is 1.58. The van der Waals surface area contributed by atoms with Crippen LogP contribution in [-0.4, -0.2) is 39.1 Å². The molecule has 0 bridgehead atoms. The van der Waals surface area contributed by atoms with Crippen molar-refractivity contribution in [3.8, 4) is 0 Å². The van der Waals surface area contributed by atoms with E-state index in [2.05, 4.69) is 15.5 Å². The highest BCUT2D eigenvalue weighted by Gasteiger charge is 2.15. The first-order chi connectivity index (χ1) is 6.52. The van der Waals surface area contributed by atoms with Gasteiger partial charge < -0.3 is 10.6 Å². The van der Waals surface area contributed by atoms with Gasteiger partial charge in [-0.3, -0.25) is 5.41 Å². The largest absolute Gasteiger partial charge is 0.388 e. The second-order valence-electron chi connectivity index (χ2n) is 3.29. The smallest absolute Gasteiger partial charge is 0.245 e. The molecular weight excluding hydrogens is 182 g/mol. The summed E-state index contributed by atoms with van der Waals surface area (Å²) in [5, 5.41) is 18.3. The second-order valence-corrected chi connectivity index (χ2v) is 3.29. The van der Waals surface area contributed by atoms with Crippen LogP contribution >= 0.6 is 0 Å². The summed E-state index contributed by atoms with van der Waals surface area (Å²) in [6.07, 6.45) is 0.503. The second kappa shape index (κ2) is 4.03. The Balaban J connectivity index is 2.70. The molecule has 0 aromatic carbocycles. The maximum atomic E-state index is 7.19. The minimum atomic E-state index is 0.109. The van der Waals surface area contributed by atoms with Gasteiger partial charge in [-0.1, -0.05) is 5.10 Å². The zero-order valence-electron chi connectivity index (χ0n) is 8.60. The van der Waals surface area contributed by atoms with Crippen molar-refractivity contribution in [3.05, 3.63) is 0 Å². The third-order valence-corrected chi connectivity index (χ3v) is 2.09. The molecule has 1 rings (SSSR count). The van der Waals surface area contributed by atoms with Crippen molar-refractivity contribution in [1.29, 1.82) is 5.41 Å². The Morgan fingerprint density at radius 3 is 2.79 bits per heavy atom. The van der Waals surface area contributed by atoms with Crippen molar-refractivity contribution in [2.45, 2.75) is 19.4 Å². The van der Waals surface area contributed by atoms with Crippen molar-refractivity contribution in [2.75, 3.05) is 11.9 Å². The molecule has 78 valence electrons. The minimum Gasteiger partial charge on any atom is -0.388 e. The lowest BCUT2D eigenvalue weighted by Gasteiger charge is -2.23. The topological polar surface area (TPSA) is 96.7 Å². The van der Waals surface area contributed by atoms with Crippen molar-refractivity contribution in [2.24, 2.45) is 12.8 Å². The Kier molecular flexibility index (Phi) is 3.00. The fourth-order valence-electron chi connectivity index (χ4n) is 1.18. The van der Waals surface area contributed by atoms with Gasteiger partial charge in [0.25, 0.3) is 0 Å². The SMILES string of the molecule is CC(CC(=N)N)N(C)c1nnnn1C.